The van der Waals surface area contributed by atoms with Crippen molar-refractivity contribution in [1.82, 2.24) is 9.80 Å². The Bertz CT molecular complexity index is 760. The molecule has 2 fully saturated rings. The van der Waals surface area contributed by atoms with Gasteiger partial charge in [-0.1, -0.05) is 6.07 Å². The van der Waals surface area contributed by atoms with E-state index < -0.39 is 29.6 Å². The normalized spacial score (nSPS) is 19.4. The minimum atomic E-state index is -4.39. The van der Waals surface area contributed by atoms with Crippen LogP contribution in [0.25, 0.3) is 0 Å². The molecular formula is C17H20F3N4O3+. The second-order valence-corrected chi connectivity index (χ2v) is 6.51. The van der Waals surface area contributed by atoms with Crippen LogP contribution in [0, 0.1) is 0 Å². The Morgan fingerprint density at radius 3 is 2.22 bits per heavy atom. The number of rotatable bonds is 4. The van der Waals surface area contributed by atoms with E-state index >= 15 is 0 Å². The van der Waals surface area contributed by atoms with Crippen LogP contribution in [0.2, 0.25) is 0 Å². The molecule has 146 valence electrons. The lowest BCUT2D eigenvalue weighted by Gasteiger charge is -2.34. The molecular weight excluding hydrogens is 365 g/mol. The standard InChI is InChI=1S/C17H19F3N4O3/c1-2-23-14(25)15(26)24(16(23)27)11-21-6-8-22(9-7-21)13-5-3-4-12(10-13)17(18,19)20/h3-5,10H,2,6-9,11H2,1H3/p+1. The zero-order valence-corrected chi connectivity index (χ0v) is 14.8. The summed E-state index contributed by atoms with van der Waals surface area (Å²) in [7, 11) is 0. The first-order valence-electron chi connectivity index (χ1n) is 8.65. The summed E-state index contributed by atoms with van der Waals surface area (Å²) in [6.07, 6.45) is -4.39. The van der Waals surface area contributed by atoms with Gasteiger partial charge in [-0.3, -0.25) is 14.5 Å². The summed E-state index contributed by atoms with van der Waals surface area (Å²) >= 11 is 0. The molecule has 2 saturated heterocycles. The molecule has 0 unspecified atom stereocenters. The highest BCUT2D eigenvalue weighted by Gasteiger charge is 2.45. The van der Waals surface area contributed by atoms with Crippen molar-refractivity contribution < 1.29 is 32.5 Å². The summed E-state index contributed by atoms with van der Waals surface area (Å²) in [6, 6.07) is 4.55. The van der Waals surface area contributed by atoms with Crippen LogP contribution in [0.5, 0.6) is 0 Å². The molecule has 7 nitrogen and oxygen atoms in total. The van der Waals surface area contributed by atoms with E-state index in [9.17, 15) is 27.6 Å². The third-order valence-electron chi connectivity index (χ3n) is 4.84. The molecule has 0 radical (unpaired) electrons. The number of carbonyl (C=O) groups is 3. The fourth-order valence-corrected chi connectivity index (χ4v) is 3.31. The summed E-state index contributed by atoms with van der Waals surface area (Å²) in [4.78, 5) is 40.5. The minimum absolute atomic E-state index is 0.0797. The molecule has 0 aliphatic carbocycles. The molecule has 0 bridgehead atoms. The number of piperazine rings is 1. The third kappa shape index (κ3) is 3.75. The summed E-state index contributed by atoms with van der Waals surface area (Å²) in [5, 5.41) is 0. The number of hydrogen-bond donors (Lipinski definition) is 1. The Morgan fingerprint density at radius 2 is 1.67 bits per heavy atom. The van der Waals surface area contributed by atoms with Crippen molar-refractivity contribution >= 4 is 23.5 Å². The number of likely N-dealkylation sites (N-methyl/N-ethyl adjacent to an activating group) is 1. The first-order chi connectivity index (χ1) is 12.7. The van der Waals surface area contributed by atoms with Crippen LogP contribution in [0.15, 0.2) is 24.3 Å². The molecule has 4 amide bonds. The van der Waals surface area contributed by atoms with Crippen molar-refractivity contribution in [3.63, 3.8) is 0 Å². The number of carbonyl (C=O) groups excluding carboxylic acids is 3. The van der Waals surface area contributed by atoms with Gasteiger partial charge in [0.15, 0.2) is 6.67 Å². The molecule has 0 spiro atoms. The number of amides is 4. The maximum absolute atomic E-state index is 12.9. The Morgan fingerprint density at radius 1 is 1.04 bits per heavy atom. The van der Waals surface area contributed by atoms with Crippen LogP contribution in [0.1, 0.15) is 12.5 Å². The predicted octanol–water partition coefficient (Wildman–Crippen LogP) is 0.179. The highest BCUT2D eigenvalue weighted by molar-refractivity contribution is 6.44. The van der Waals surface area contributed by atoms with E-state index in [-0.39, 0.29) is 13.2 Å². The zero-order valence-electron chi connectivity index (χ0n) is 14.8. The first kappa shape index (κ1) is 19.2. The van der Waals surface area contributed by atoms with Crippen LogP contribution < -0.4 is 9.80 Å². The van der Waals surface area contributed by atoms with Crippen molar-refractivity contribution in [2.45, 2.75) is 13.1 Å². The van der Waals surface area contributed by atoms with E-state index in [4.69, 9.17) is 0 Å². The Kier molecular flexibility index (Phi) is 5.09. The Balaban J connectivity index is 1.61. The SMILES string of the molecule is CCN1C(=O)C(=O)N(C[NH+]2CCN(c3cccc(C(F)(F)F)c3)CC2)C1=O. The van der Waals surface area contributed by atoms with Gasteiger partial charge >= 0.3 is 24.0 Å². The van der Waals surface area contributed by atoms with Crippen molar-refractivity contribution in [2.24, 2.45) is 0 Å². The van der Waals surface area contributed by atoms with Crippen molar-refractivity contribution in [2.75, 3.05) is 44.3 Å². The van der Waals surface area contributed by atoms with Crippen molar-refractivity contribution in [3.8, 4) is 0 Å². The lowest BCUT2D eigenvalue weighted by Crippen LogP contribution is -3.16. The maximum Gasteiger partial charge on any atom is 0.416 e. The average molecular weight is 385 g/mol. The Labute approximate surface area is 153 Å². The maximum atomic E-state index is 12.9. The minimum Gasteiger partial charge on any atom is -0.360 e. The molecule has 0 atom stereocenters. The van der Waals surface area contributed by atoms with Gasteiger partial charge in [-0.2, -0.15) is 13.2 Å². The fourth-order valence-electron chi connectivity index (χ4n) is 3.31. The first-order valence-corrected chi connectivity index (χ1v) is 8.65. The van der Waals surface area contributed by atoms with E-state index in [0.717, 1.165) is 26.8 Å². The van der Waals surface area contributed by atoms with Crippen LogP contribution in [-0.4, -0.2) is 67.0 Å². The monoisotopic (exact) mass is 385 g/mol. The fraction of sp³-hybridized carbons (Fsp3) is 0.471. The van der Waals surface area contributed by atoms with Gasteiger partial charge in [0.25, 0.3) is 0 Å². The number of anilines is 1. The molecule has 0 saturated carbocycles. The van der Waals surface area contributed by atoms with Gasteiger partial charge in [0.05, 0.1) is 31.7 Å². The highest BCUT2D eigenvalue weighted by atomic mass is 19.4. The molecule has 2 heterocycles. The smallest absolute Gasteiger partial charge is 0.360 e. The summed E-state index contributed by atoms with van der Waals surface area (Å²) in [6.45, 7) is 3.88. The molecule has 27 heavy (non-hydrogen) atoms. The molecule has 2 aliphatic rings. The zero-order chi connectivity index (χ0) is 19.8. The molecule has 3 rings (SSSR count). The summed E-state index contributed by atoms with van der Waals surface area (Å²) in [5.41, 5.74) is -0.203. The number of halogens is 3. The lowest BCUT2D eigenvalue weighted by molar-refractivity contribution is -0.907. The molecule has 2 aliphatic heterocycles. The van der Waals surface area contributed by atoms with Gasteiger partial charge in [0.2, 0.25) is 0 Å². The number of alkyl halides is 3. The third-order valence-corrected chi connectivity index (χ3v) is 4.84. The number of nitrogens with zero attached hydrogens (tertiary/aromatic N) is 3. The number of imide groups is 2. The van der Waals surface area contributed by atoms with Gasteiger partial charge in [0, 0.05) is 12.2 Å². The van der Waals surface area contributed by atoms with Crippen molar-refractivity contribution in [3.05, 3.63) is 29.8 Å². The van der Waals surface area contributed by atoms with Crippen molar-refractivity contribution in [1.29, 1.82) is 0 Å². The van der Waals surface area contributed by atoms with Crippen LogP contribution in [0.4, 0.5) is 23.7 Å². The van der Waals surface area contributed by atoms with Gasteiger partial charge < -0.3 is 9.80 Å². The van der Waals surface area contributed by atoms with E-state index in [2.05, 4.69) is 0 Å². The average Bonchev–Trinajstić information content (AvgIpc) is 2.85. The number of benzene rings is 1. The van der Waals surface area contributed by atoms with Crippen LogP contribution >= 0.6 is 0 Å². The summed E-state index contributed by atoms with van der Waals surface area (Å²) in [5.74, 6) is -1.64. The molecule has 1 aromatic carbocycles. The second-order valence-electron chi connectivity index (χ2n) is 6.51. The molecule has 1 N–H and O–H groups in total. The van der Waals surface area contributed by atoms with E-state index in [0.29, 0.717) is 31.9 Å². The lowest BCUT2D eigenvalue weighted by atomic mass is 10.1. The Hall–Kier alpha value is -2.62. The largest absolute Gasteiger partial charge is 0.416 e. The number of nitrogens with one attached hydrogen (secondary N) is 1. The van der Waals surface area contributed by atoms with Gasteiger partial charge in [-0.25, -0.2) is 9.69 Å². The predicted molar refractivity (Wildman–Crippen MR) is 88.8 cm³/mol. The molecule has 1 aromatic rings. The van der Waals surface area contributed by atoms with Crippen LogP contribution in [0.3, 0.4) is 0 Å². The molecule has 10 heteroatoms. The topological polar surface area (TPSA) is 65.4 Å². The van der Waals surface area contributed by atoms with E-state index in [1.807, 2.05) is 4.90 Å². The number of urea groups is 1. The molecule has 0 aromatic heterocycles. The van der Waals surface area contributed by atoms with E-state index in [1.54, 1.807) is 13.0 Å². The van der Waals surface area contributed by atoms with Gasteiger partial charge in [0.1, 0.15) is 0 Å². The van der Waals surface area contributed by atoms with Crippen LogP contribution in [-0.2, 0) is 15.8 Å². The number of quaternary nitrogens is 1. The quantitative estimate of drug-likeness (QED) is 0.593. The van der Waals surface area contributed by atoms with Gasteiger partial charge in [-0.15, -0.1) is 0 Å². The second kappa shape index (κ2) is 7.18. The van der Waals surface area contributed by atoms with Gasteiger partial charge in [-0.05, 0) is 25.1 Å². The summed E-state index contributed by atoms with van der Waals surface area (Å²) < 4.78 is 38.6. The number of hydrogen-bond acceptors (Lipinski definition) is 4. The van der Waals surface area contributed by atoms with E-state index in [1.165, 1.54) is 6.07 Å². The highest BCUT2D eigenvalue weighted by Crippen LogP contribution is 2.31.